The Morgan fingerprint density at radius 2 is 1.93 bits per heavy atom. The zero-order chi connectivity index (χ0) is 19.6. The molecule has 3 aromatic rings. The number of sulfonamides is 1. The molecule has 146 valence electrons. The molecule has 0 saturated carbocycles. The minimum atomic E-state index is -3.67. The first-order valence-corrected chi connectivity index (χ1v) is 10.6. The number of nitrogens with zero attached hydrogens (tertiary/aromatic N) is 2. The molecule has 0 bridgehead atoms. The Morgan fingerprint density at radius 1 is 1.14 bits per heavy atom. The summed E-state index contributed by atoms with van der Waals surface area (Å²) >= 11 is 6.22. The van der Waals surface area contributed by atoms with Crippen molar-refractivity contribution in [1.82, 2.24) is 14.5 Å². The van der Waals surface area contributed by atoms with Crippen LogP contribution in [0.3, 0.4) is 0 Å². The highest BCUT2D eigenvalue weighted by atomic mass is 35.5. The monoisotopic (exact) mass is 419 g/mol. The van der Waals surface area contributed by atoms with E-state index in [4.69, 9.17) is 21.1 Å². The molecule has 28 heavy (non-hydrogen) atoms. The zero-order valence-corrected chi connectivity index (χ0v) is 16.4. The lowest BCUT2D eigenvalue weighted by Gasteiger charge is -2.20. The maximum atomic E-state index is 12.5. The second-order valence-corrected chi connectivity index (χ2v) is 8.38. The van der Waals surface area contributed by atoms with E-state index in [9.17, 15) is 8.42 Å². The van der Waals surface area contributed by atoms with Gasteiger partial charge in [-0.15, -0.1) is 0 Å². The lowest BCUT2D eigenvalue weighted by atomic mass is 10.1. The third-order valence-corrected chi connectivity index (χ3v) is 5.95. The second kappa shape index (κ2) is 7.83. The third kappa shape index (κ3) is 3.99. The van der Waals surface area contributed by atoms with Crippen molar-refractivity contribution >= 4 is 21.6 Å². The van der Waals surface area contributed by atoms with Gasteiger partial charge in [-0.2, -0.15) is 5.10 Å². The smallest absolute Gasteiger partial charge is 0.243 e. The van der Waals surface area contributed by atoms with Gasteiger partial charge >= 0.3 is 0 Å². The van der Waals surface area contributed by atoms with Gasteiger partial charge in [-0.05, 0) is 36.2 Å². The van der Waals surface area contributed by atoms with Crippen LogP contribution in [0, 0.1) is 0 Å². The molecule has 0 amide bonds. The number of hydrogen-bond donors (Lipinski definition) is 1. The van der Waals surface area contributed by atoms with E-state index in [0.717, 1.165) is 11.3 Å². The van der Waals surface area contributed by atoms with E-state index in [1.165, 1.54) is 17.1 Å². The first-order valence-electron chi connectivity index (χ1n) is 8.71. The molecule has 1 aliphatic heterocycles. The van der Waals surface area contributed by atoms with Gasteiger partial charge in [-0.1, -0.05) is 29.8 Å². The highest BCUT2D eigenvalue weighted by Gasteiger charge is 2.19. The van der Waals surface area contributed by atoms with Crippen molar-refractivity contribution in [3.05, 3.63) is 65.4 Å². The number of ether oxygens (including phenoxy) is 2. The van der Waals surface area contributed by atoms with Crippen LogP contribution in [0.25, 0.3) is 5.69 Å². The summed E-state index contributed by atoms with van der Waals surface area (Å²) in [7, 11) is -3.67. The molecule has 0 unspecified atom stereocenters. The molecule has 2 heterocycles. The molecule has 1 N–H and O–H groups in total. The molecular weight excluding hydrogens is 402 g/mol. The fourth-order valence-corrected chi connectivity index (χ4v) is 4.14. The van der Waals surface area contributed by atoms with Crippen LogP contribution in [0.15, 0.2) is 59.8 Å². The molecule has 0 saturated heterocycles. The number of nitrogens with one attached hydrogen (secondary N) is 1. The molecule has 0 fully saturated rings. The predicted octanol–water partition coefficient (Wildman–Crippen LogP) is 2.82. The van der Waals surface area contributed by atoms with Gasteiger partial charge in [0.15, 0.2) is 11.5 Å². The topological polar surface area (TPSA) is 82.5 Å². The summed E-state index contributed by atoms with van der Waals surface area (Å²) in [5, 5.41) is 4.59. The van der Waals surface area contributed by atoms with Crippen LogP contribution >= 0.6 is 11.6 Å². The Kier molecular flexibility index (Phi) is 5.25. The first-order chi connectivity index (χ1) is 13.5. The molecule has 1 aliphatic rings. The molecule has 7 nitrogen and oxygen atoms in total. The Morgan fingerprint density at radius 3 is 2.75 bits per heavy atom. The standard InChI is InChI=1S/C19H18ClN3O4S/c20-17-10-14(11-18-19(17)27-9-8-26-18)6-7-22-28(24,25)16-12-21-23(13-16)15-4-2-1-3-5-15/h1-5,10-13,22H,6-9H2. The third-order valence-electron chi connectivity index (χ3n) is 4.25. The van der Waals surface area contributed by atoms with Gasteiger partial charge in [0.1, 0.15) is 18.1 Å². The second-order valence-electron chi connectivity index (χ2n) is 6.21. The Balaban J connectivity index is 1.42. The van der Waals surface area contributed by atoms with Crippen LogP contribution in [0.1, 0.15) is 5.56 Å². The van der Waals surface area contributed by atoms with Gasteiger partial charge in [0.05, 0.1) is 23.1 Å². The van der Waals surface area contributed by atoms with Crippen LogP contribution in [0.4, 0.5) is 0 Å². The molecule has 9 heteroatoms. The van der Waals surface area contributed by atoms with Crippen LogP contribution in [-0.4, -0.2) is 38.0 Å². The number of hydrogen-bond acceptors (Lipinski definition) is 5. The van der Waals surface area contributed by atoms with Crippen LogP contribution < -0.4 is 14.2 Å². The lowest BCUT2D eigenvalue weighted by molar-refractivity contribution is 0.171. The van der Waals surface area contributed by atoms with E-state index < -0.39 is 10.0 Å². The summed E-state index contributed by atoms with van der Waals surface area (Å²) in [6.07, 6.45) is 3.28. The van der Waals surface area contributed by atoms with E-state index in [-0.39, 0.29) is 11.4 Å². The fourth-order valence-electron chi connectivity index (χ4n) is 2.89. The molecule has 2 aromatic carbocycles. The summed E-state index contributed by atoms with van der Waals surface area (Å²) < 4.78 is 40.2. The summed E-state index contributed by atoms with van der Waals surface area (Å²) in [6, 6.07) is 12.9. The summed E-state index contributed by atoms with van der Waals surface area (Å²) in [5.41, 5.74) is 1.65. The van der Waals surface area contributed by atoms with Gasteiger partial charge < -0.3 is 9.47 Å². The molecule has 0 radical (unpaired) electrons. The SMILES string of the molecule is O=S(=O)(NCCc1cc(Cl)c2c(c1)OCCO2)c1cnn(-c2ccccc2)c1. The van der Waals surface area contributed by atoms with E-state index >= 15 is 0 Å². The number of aromatic nitrogens is 2. The van der Waals surface area contributed by atoms with E-state index in [0.29, 0.717) is 36.2 Å². The minimum absolute atomic E-state index is 0.108. The van der Waals surface area contributed by atoms with Crippen molar-refractivity contribution < 1.29 is 17.9 Å². The number of halogens is 1. The molecular formula is C19H18ClN3O4S. The summed E-state index contributed by atoms with van der Waals surface area (Å²) in [6.45, 7) is 1.14. The Bertz CT molecular complexity index is 1080. The molecule has 0 spiro atoms. The lowest BCUT2D eigenvalue weighted by Crippen LogP contribution is -2.25. The Hall–Kier alpha value is -2.55. The molecule has 0 aliphatic carbocycles. The van der Waals surface area contributed by atoms with E-state index in [1.54, 1.807) is 6.07 Å². The number of rotatable bonds is 6. The van der Waals surface area contributed by atoms with Crippen molar-refractivity contribution in [2.24, 2.45) is 0 Å². The van der Waals surface area contributed by atoms with Crippen molar-refractivity contribution in [3.8, 4) is 17.2 Å². The number of fused-ring (bicyclic) bond motifs is 1. The van der Waals surface area contributed by atoms with Crippen LogP contribution in [0.2, 0.25) is 5.02 Å². The maximum Gasteiger partial charge on any atom is 0.243 e. The van der Waals surface area contributed by atoms with Gasteiger partial charge in [-0.3, -0.25) is 0 Å². The van der Waals surface area contributed by atoms with Gasteiger partial charge in [0.2, 0.25) is 10.0 Å². The van der Waals surface area contributed by atoms with Crippen molar-refractivity contribution in [2.75, 3.05) is 19.8 Å². The van der Waals surface area contributed by atoms with E-state index in [1.807, 2.05) is 36.4 Å². The minimum Gasteiger partial charge on any atom is -0.486 e. The number of benzene rings is 2. The predicted molar refractivity (Wildman–Crippen MR) is 105 cm³/mol. The zero-order valence-electron chi connectivity index (χ0n) is 14.8. The first kappa shape index (κ1) is 18.8. The van der Waals surface area contributed by atoms with Gasteiger partial charge in [0.25, 0.3) is 0 Å². The average molecular weight is 420 g/mol. The van der Waals surface area contributed by atoms with Gasteiger partial charge in [0, 0.05) is 6.54 Å². The Labute approximate surface area is 167 Å². The highest BCUT2D eigenvalue weighted by Crippen LogP contribution is 2.38. The maximum absolute atomic E-state index is 12.5. The van der Waals surface area contributed by atoms with Crippen LogP contribution in [-0.2, 0) is 16.4 Å². The normalized spacial score (nSPS) is 13.5. The van der Waals surface area contributed by atoms with Crippen LogP contribution in [0.5, 0.6) is 11.5 Å². The average Bonchev–Trinajstić information content (AvgIpc) is 3.20. The largest absolute Gasteiger partial charge is 0.486 e. The number of para-hydroxylation sites is 1. The van der Waals surface area contributed by atoms with Gasteiger partial charge in [-0.25, -0.2) is 17.8 Å². The van der Waals surface area contributed by atoms with E-state index in [2.05, 4.69) is 9.82 Å². The fraction of sp³-hybridized carbons (Fsp3) is 0.211. The van der Waals surface area contributed by atoms with Crippen molar-refractivity contribution in [3.63, 3.8) is 0 Å². The highest BCUT2D eigenvalue weighted by molar-refractivity contribution is 7.89. The molecule has 1 aromatic heterocycles. The summed E-state index contributed by atoms with van der Waals surface area (Å²) in [4.78, 5) is 0.108. The quantitative estimate of drug-likeness (QED) is 0.664. The molecule has 4 rings (SSSR count). The van der Waals surface area contributed by atoms with Crippen molar-refractivity contribution in [1.29, 1.82) is 0 Å². The summed E-state index contributed by atoms with van der Waals surface area (Å²) in [5.74, 6) is 1.12. The van der Waals surface area contributed by atoms with Crippen molar-refractivity contribution in [2.45, 2.75) is 11.3 Å². The molecule has 0 atom stereocenters.